The van der Waals surface area contributed by atoms with Gasteiger partial charge in [0.25, 0.3) is 11.8 Å². The first-order valence-corrected chi connectivity index (χ1v) is 6.54. The number of hydrogen-bond donors (Lipinski definition) is 2. The zero-order valence-corrected chi connectivity index (χ0v) is 11.9. The molecule has 0 bridgehead atoms. The minimum Gasteiger partial charge on any atom is -0.444 e. The predicted octanol–water partition coefficient (Wildman–Crippen LogP) is 0.992. The van der Waals surface area contributed by atoms with Crippen molar-refractivity contribution in [3.05, 3.63) is 46.8 Å². The maximum absolute atomic E-state index is 11.6. The van der Waals surface area contributed by atoms with E-state index in [4.69, 9.17) is 4.42 Å². The molecular weight excluding hydrogens is 328 g/mol. The Bertz CT molecular complexity index is 600. The summed E-state index contributed by atoms with van der Waals surface area (Å²) in [5.41, 5.74) is 0.230. The molecule has 0 saturated heterocycles. The Kier molecular flexibility index (Phi) is 4.83. The molecule has 0 spiro atoms. The van der Waals surface area contributed by atoms with Crippen LogP contribution in [0.25, 0.3) is 0 Å². The summed E-state index contributed by atoms with van der Waals surface area (Å²) in [6, 6.07) is 3.18. The Hall–Kier alpha value is -2.22. The summed E-state index contributed by atoms with van der Waals surface area (Å²) in [6.45, 7) is 0.562. The van der Waals surface area contributed by atoms with Crippen LogP contribution in [-0.2, 0) is 0 Å². The van der Waals surface area contributed by atoms with Crippen LogP contribution in [0.4, 0.5) is 0 Å². The Morgan fingerprint density at radius 2 is 1.90 bits per heavy atom. The van der Waals surface area contributed by atoms with Gasteiger partial charge in [-0.3, -0.25) is 14.6 Å². The lowest BCUT2D eigenvalue weighted by Crippen LogP contribution is -2.34. The number of nitrogens with zero attached hydrogens (tertiary/aromatic N) is 2. The number of rotatable bonds is 5. The summed E-state index contributed by atoms with van der Waals surface area (Å²) in [4.78, 5) is 30.9. The number of furan rings is 1. The number of halogens is 1. The molecule has 0 saturated carbocycles. The molecule has 0 radical (unpaired) electrons. The molecule has 2 aromatic rings. The largest absolute Gasteiger partial charge is 0.444 e. The van der Waals surface area contributed by atoms with Crippen molar-refractivity contribution in [2.45, 2.75) is 0 Å². The number of nitrogens with one attached hydrogen (secondary N) is 2. The maximum atomic E-state index is 11.6. The molecule has 7 nitrogen and oxygen atoms in total. The van der Waals surface area contributed by atoms with Crippen molar-refractivity contribution in [3.8, 4) is 0 Å². The van der Waals surface area contributed by atoms with Crippen molar-refractivity contribution in [2.75, 3.05) is 13.1 Å². The highest BCUT2D eigenvalue weighted by Gasteiger charge is 2.10. The normalized spacial score (nSPS) is 10.1. The molecule has 104 valence electrons. The van der Waals surface area contributed by atoms with E-state index >= 15 is 0 Å². The van der Waals surface area contributed by atoms with Crippen LogP contribution in [-0.4, -0.2) is 34.9 Å². The summed E-state index contributed by atoms with van der Waals surface area (Å²) in [7, 11) is 0. The van der Waals surface area contributed by atoms with E-state index in [2.05, 4.69) is 36.5 Å². The lowest BCUT2D eigenvalue weighted by Gasteiger charge is -2.05. The summed E-state index contributed by atoms with van der Waals surface area (Å²) < 4.78 is 5.58. The molecule has 2 rings (SSSR count). The molecule has 0 aliphatic heterocycles. The van der Waals surface area contributed by atoms with E-state index in [1.165, 1.54) is 18.6 Å². The van der Waals surface area contributed by atoms with Gasteiger partial charge in [0, 0.05) is 25.5 Å². The summed E-state index contributed by atoms with van der Waals surface area (Å²) in [5.74, 6) is -0.477. The van der Waals surface area contributed by atoms with Gasteiger partial charge in [0.15, 0.2) is 10.4 Å². The van der Waals surface area contributed by atoms with E-state index in [-0.39, 0.29) is 36.4 Å². The Morgan fingerprint density at radius 1 is 1.15 bits per heavy atom. The fraction of sp³-hybridized carbons (Fsp3) is 0.167. The molecule has 0 fully saturated rings. The van der Waals surface area contributed by atoms with Crippen LogP contribution in [0.15, 0.2) is 39.8 Å². The van der Waals surface area contributed by atoms with Crippen LogP contribution in [0.5, 0.6) is 0 Å². The molecule has 8 heteroatoms. The standard InChI is InChI=1S/C12H11BrN4O3/c13-10-2-1-9(20-10)12(19)17-6-5-16-11(18)8-7-14-3-4-15-8/h1-4,7H,5-6H2,(H,16,18)(H,17,19). The van der Waals surface area contributed by atoms with Crippen LogP contribution >= 0.6 is 15.9 Å². The summed E-state index contributed by atoms with van der Waals surface area (Å²) >= 11 is 3.11. The highest BCUT2D eigenvalue weighted by molar-refractivity contribution is 9.10. The van der Waals surface area contributed by atoms with Crippen LogP contribution < -0.4 is 10.6 Å². The van der Waals surface area contributed by atoms with Crippen LogP contribution in [0, 0.1) is 0 Å². The van der Waals surface area contributed by atoms with E-state index in [1.54, 1.807) is 12.1 Å². The Labute approximate surface area is 122 Å². The summed E-state index contributed by atoms with van der Waals surface area (Å²) in [5, 5.41) is 5.23. The highest BCUT2D eigenvalue weighted by atomic mass is 79.9. The van der Waals surface area contributed by atoms with Crippen molar-refractivity contribution in [3.63, 3.8) is 0 Å². The Morgan fingerprint density at radius 3 is 2.50 bits per heavy atom. The van der Waals surface area contributed by atoms with Gasteiger partial charge in [-0.25, -0.2) is 4.98 Å². The van der Waals surface area contributed by atoms with Gasteiger partial charge in [0.1, 0.15) is 5.69 Å². The molecule has 2 N–H and O–H groups in total. The van der Waals surface area contributed by atoms with E-state index in [9.17, 15) is 9.59 Å². The zero-order chi connectivity index (χ0) is 14.4. The second kappa shape index (κ2) is 6.80. The van der Waals surface area contributed by atoms with Crippen molar-refractivity contribution >= 4 is 27.7 Å². The van der Waals surface area contributed by atoms with Crippen LogP contribution in [0.1, 0.15) is 21.0 Å². The minimum absolute atomic E-state index is 0.206. The molecule has 0 aromatic carbocycles. The fourth-order valence-corrected chi connectivity index (χ4v) is 1.69. The molecule has 0 aliphatic rings. The fourth-order valence-electron chi connectivity index (χ4n) is 1.38. The molecule has 0 aliphatic carbocycles. The van der Waals surface area contributed by atoms with E-state index in [0.29, 0.717) is 4.67 Å². The van der Waals surface area contributed by atoms with E-state index in [0.717, 1.165) is 0 Å². The first-order valence-electron chi connectivity index (χ1n) is 5.74. The second-order valence-corrected chi connectivity index (χ2v) is 4.49. The van der Waals surface area contributed by atoms with Crippen molar-refractivity contribution < 1.29 is 14.0 Å². The average molecular weight is 339 g/mol. The first-order chi connectivity index (χ1) is 9.66. The van der Waals surface area contributed by atoms with Gasteiger partial charge in [0.2, 0.25) is 0 Å². The second-order valence-electron chi connectivity index (χ2n) is 3.71. The Balaban J connectivity index is 1.72. The lowest BCUT2D eigenvalue weighted by atomic mass is 10.4. The molecule has 0 unspecified atom stereocenters. The van der Waals surface area contributed by atoms with Gasteiger partial charge in [-0.2, -0.15) is 0 Å². The predicted molar refractivity (Wildman–Crippen MR) is 73.1 cm³/mol. The van der Waals surface area contributed by atoms with Crippen molar-refractivity contribution in [1.29, 1.82) is 0 Å². The molecule has 0 atom stereocenters. The maximum Gasteiger partial charge on any atom is 0.287 e. The number of hydrogen-bond acceptors (Lipinski definition) is 5. The quantitative estimate of drug-likeness (QED) is 0.792. The first kappa shape index (κ1) is 14.2. The smallest absolute Gasteiger partial charge is 0.287 e. The van der Waals surface area contributed by atoms with E-state index in [1.807, 2.05) is 0 Å². The van der Waals surface area contributed by atoms with Crippen LogP contribution in [0.3, 0.4) is 0 Å². The third-order valence-electron chi connectivity index (χ3n) is 2.29. The van der Waals surface area contributed by atoms with Gasteiger partial charge in [-0.1, -0.05) is 0 Å². The average Bonchev–Trinajstić information content (AvgIpc) is 2.91. The molecule has 2 aromatic heterocycles. The number of carbonyl (C=O) groups excluding carboxylic acids is 2. The van der Waals surface area contributed by atoms with Gasteiger partial charge in [-0.05, 0) is 28.1 Å². The SMILES string of the molecule is O=C(NCCNC(=O)c1ccc(Br)o1)c1cnccn1. The monoisotopic (exact) mass is 338 g/mol. The zero-order valence-electron chi connectivity index (χ0n) is 10.3. The van der Waals surface area contributed by atoms with Gasteiger partial charge in [-0.15, -0.1) is 0 Å². The molecular formula is C12H11BrN4O3. The van der Waals surface area contributed by atoms with Gasteiger partial charge >= 0.3 is 0 Å². The third kappa shape index (κ3) is 3.89. The third-order valence-corrected chi connectivity index (χ3v) is 2.72. The molecule has 20 heavy (non-hydrogen) atoms. The van der Waals surface area contributed by atoms with Crippen molar-refractivity contribution in [2.24, 2.45) is 0 Å². The molecule has 2 heterocycles. The number of carbonyl (C=O) groups is 2. The highest BCUT2D eigenvalue weighted by Crippen LogP contribution is 2.13. The van der Waals surface area contributed by atoms with Gasteiger partial charge in [0.05, 0.1) is 6.20 Å². The molecule has 2 amide bonds. The van der Waals surface area contributed by atoms with E-state index < -0.39 is 0 Å². The van der Waals surface area contributed by atoms with Crippen molar-refractivity contribution in [1.82, 2.24) is 20.6 Å². The summed E-state index contributed by atoms with van der Waals surface area (Å²) in [6.07, 6.45) is 4.29. The lowest BCUT2D eigenvalue weighted by molar-refractivity contribution is 0.0908. The van der Waals surface area contributed by atoms with Crippen LogP contribution in [0.2, 0.25) is 0 Å². The minimum atomic E-state index is -0.343. The van der Waals surface area contributed by atoms with Gasteiger partial charge < -0.3 is 15.1 Å². The topological polar surface area (TPSA) is 97.1 Å². The number of aromatic nitrogens is 2. The number of amides is 2.